The van der Waals surface area contributed by atoms with Gasteiger partial charge in [0.25, 0.3) is 15.7 Å². The molecule has 0 aliphatic heterocycles. The van der Waals surface area contributed by atoms with Crippen LogP contribution in [0.1, 0.15) is 15.9 Å². The molecular weight excluding hydrogens is 462 g/mol. The van der Waals surface area contributed by atoms with Crippen molar-refractivity contribution < 1.29 is 27.7 Å². The fourth-order valence-corrected chi connectivity index (χ4v) is 4.86. The van der Waals surface area contributed by atoms with E-state index in [9.17, 15) is 28.1 Å². The Morgan fingerprint density at radius 1 is 1.00 bits per heavy atom. The van der Waals surface area contributed by atoms with Crippen LogP contribution in [0.3, 0.4) is 0 Å². The lowest BCUT2D eigenvalue weighted by molar-refractivity contribution is -0.387. The van der Waals surface area contributed by atoms with E-state index in [0.29, 0.717) is 11.3 Å². The molecule has 10 nitrogen and oxygen atoms in total. The predicted molar refractivity (Wildman–Crippen MR) is 125 cm³/mol. The number of sulfonamides is 1. The summed E-state index contributed by atoms with van der Waals surface area (Å²) in [5, 5.41) is 14.0. The lowest BCUT2D eigenvalue weighted by atomic mass is 10.1. The van der Waals surface area contributed by atoms with Crippen LogP contribution in [-0.2, 0) is 19.6 Å². The number of nitro benzene ring substituents is 1. The van der Waals surface area contributed by atoms with Crippen LogP contribution in [0.4, 0.5) is 17.1 Å². The smallest absolute Gasteiger partial charge is 0.338 e. The second-order valence-electron chi connectivity index (χ2n) is 7.09. The molecule has 0 unspecified atom stereocenters. The molecule has 176 valence electrons. The number of hydrogen-bond donors (Lipinski definition) is 1. The number of nitro groups is 1. The van der Waals surface area contributed by atoms with E-state index in [1.165, 1.54) is 37.4 Å². The fraction of sp³-hybridized carbons (Fsp3) is 0.130. The SMILES string of the molecule is COC(=O)c1cccc(NC(=O)CN(c2ccccc2)S(=O)(=O)c2ccccc2[N+](=O)[O-])c1C. The molecule has 34 heavy (non-hydrogen) atoms. The zero-order chi connectivity index (χ0) is 24.9. The third-order valence-electron chi connectivity index (χ3n) is 4.97. The molecule has 0 saturated carbocycles. The second kappa shape index (κ2) is 10.1. The molecule has 0 saturated heterocycles. The van der Waals surface area contributed by atoms with Crippen LogP contribution in [0.25, 0.3) is 0 Å². The molecule has 0 bridgehead atoms. The van der Waals surface area contributed by atoms with Gasteiger partial charge in [-0.1, -0.05) is 36.4 Å². The van der Waals surface area contributed by atoms with Crippen LogP contribution in [0.2, 0.25) is 0 Å². The highest BCUT2D eigenvalue weighted by atomic mass is 32.2. The van der Waals surface area contributed by atoms with Crippen LogP contribution in [-0.4, -0.2) is 38.9 Å². The zero-order valence-electron chi connectivity index (χ0n) is 18.3. The molecule has 0 radical (unpaired) electrons. The Morgan fingerprint density at radius 2 is 1.65 bits per heavy atom. The maximum absolute atomic E-state index is 13.5. The predicted octanol–water partition coefficient (Wildman–Crippen LogP) is 3.52. The topological polar surface area (TPSA) is 136 Å². The minimum absolute atomic E-state index is 0.149. The molecule has 11 heteroatoms. The number of amides is 1. The van der Waals surface area contributed by atoms with Gasteiger partial charge in [-0.05, 0) is 42.8 Å². The molecule has 0 heterocycles. The van der Waals surface area contributed by atoms with E-state index in [1.807, 2.05) is 0 Å². The van der Waals surface area contributed by atoms with Crippen molar-refractivity contribution in [3.8, 4) is 0 Å². The zero-order valence-corrected chi connectivity index (χ0v) is 19.1. The number of nitrogens with zero attached hydrogens (tertiary/aromatic N) is 2. The van der Waals surface area contributed by atoms with Crippen molar-refractivity contribution in [2.75, 3.05) is 23.3 Å². The number of carbonyl (C=O) groups is 2. The molecule has 0 spiro atoms. The summed E-state index contributed by atoms with van der Waals surface area (Å²) in [4.78, 5) is 35.0. The molecule has 0 aliphatic carbocycles. The van der Waals surface area contributed by atoms with Gasteiger partial charge in [0.1, 0.15) is 6.54 Å². The van der Waals surface area contributed by atoms with Crippen LogP contribution in [0, 0.1) is 17.0 Å². The average Bonchev–Trinajstić information content (AvgIpc) is 2.83. The summed E-state index contributed by atoms with van der Waals surface area (Å²) in [6, 6.07) is 17.3. The Kier molecular flexibility index (Phi) is 7.27. The first-order chi connectivity index (χ1) is 16.2. The van der Waals surface area contributed by atoms with Gasteiger partial charge in [-0.15, -0.1) is 0 Å². The third kappa shape index (κ3) is 5.04. The minimum Gasteiger partial charge on any atom is -0.465 e. The van der Waals surface area contributed by atoms with Crippen LogP contribution < -0.4 is 9.62 Å². The Morgan fingerprint density at radius 3 is 2.29 bits per heavy atom. The van der Waals surface area contributed by atoms with Crippen LogP contribution in [0.5, 0.6) is 0 Å². The summed E-state index contributed by atoms with van der Waals surface area (Å²) in [6.07, 6.45) is 0. The van der Waals surface area contributed by atoms with Gasteiger partial charge < -0.3 is 10.1 Å². The van der Waals surface area contributed by atoms with E-state index in [-0.39, 0.29) is 11.3 Å². The number of carbonyl (C=O) groups excluding carboxylic acids is 2. The van der Waals surface area contributed by atoms with Crippen molar-refractivity contribution in [2.24, 2.45) is 0 Å². The number of methoxy groups -OCH3 is 1. The molecule has 3 aromatic rings. The molecule has 0 fully saturated rings. The van der Waals surface area contributed by atoms with Gasteiger partial charge in [0.15, 0.2) is 4.90 Å². The van der Waals surface area contributed by atoms with Crippen LogP contribution >= 0.6 is 0 Å². The number of anilines is 2. The minimum atomic E-state index is -4.50. The average molecular weight is 484 g/mol. The molecule has 3 aromatic carbocycles. The van der Waals surface area contributed by atoms with Crippen molar-refractivity contribution in [3.05, 3.63) is 94.0 Å². The van der Waals surface area contributed by atoms with E-state index in [0.717, 1.165) is 16.4 Å². The summed E-state index contributed by atoms with van der Waals surface area (Å²) < 4.78 is 32.5. The second-order valence-corrected chi connectivity index (χ2v) is 8.92. The number of benzene rings is 3. The molecule has 1 N–H and O–H groups in total. The quantitative estimate of drug-likeness (QED) is 0.294. The van der Waals surface area contributed by atoms with Gasteiger partial charge >= 0.3 is 5.97 Å². The Labute approximate surface area is 196 Å². The highest BCUT2D eigenvalue weighted by molar-refractivity contribution is 7.93. The first-order valence-corrected chi connectivity index (χ1v) is 11.4. The van der Waals surface area contributed by atoms with E-state index in [1.54, 1.807) is 37.3 Å². The van der Waals surface area contributed by atoms with Gasteiger partial charge in [-0.2, -0.15) is 0 Å². The lowest BCUT2D eigenvalue weighted by Gasteiger charge is -2.24. The van der Waals surface area contributed by atoms with Gasteiger partial charge in [0.05, 0.1) is 23.3 Å². The maximum atomic E-state index is 13.5. The first kappa shape index (κ1) is 24.4. The summed E-state index contributed by atoms with van der Waals surface area (Å²) >= 11 is 0. The van der Waals surface area contributed by atoms with Crippen molar-refractivity contribution >= 4 is 39.0 Å². The number of esters is 1. The van der Waals surface area contributed by atoms with E-state index in [4.69, 9.17) is 4.74 Å². The molecule has 0 atom stereocenters. The van der Waals surface area contributed by atoms with Gasteiger partial charge in [-0.3, -0.25) is 19.2 Å². The summed E-state index contributed by atoms with van der Waals surface area (Å²) in [5.74, 6) is -1.30. The number of para-hydroxylation sites is 2. The standard InChI is InChI=1S/C23H21N3O7S/c1-16-18(23(28)33-2)11-8-12-19(16)24-22(27)15-25(17-9-4-3-5-10-17)34(31,32)21-14-7-6-13-20(21)26(29)30/h3-14H,15H2,1-2H3,(H,24,27). The molecular formula is C23H21N3O7S. The first-order valence-electron chi connectivity index (χ1n) is 9.95. The maximum Gasteiger partial charge on any atom is 0.338 e. The van der Waals surface area contributed by atoms with Crippen LogP contribution in [0.15, 0.2) is 77.7 Å². The molecule has 0 aliphatic rings. The summed E-state index contributed by atoms with van der Waals surface area (Å²) in [6.45, 7) is 0.946. The monoisotopic (exact) mass is 483 g/mol. The lowest BCUT2D eigenvalue weighted by Crippen LogP contribution is -2.38. The Balaban J connectivity index is 1.99. The van der Waals surface area contributed by atoms with E-state index >= 15 is 0 Å². The number of nitrogens with one attached hydrogen (secondary N) is 1. The molecule has 0 aromatic heterocycles. The summed E-state index contributed by atoms with van der Waals surface area (Å²) in [5.41, 5.74) is 0.522. The number of hydrogen-bond acceptors (Lipinski definition) is 7. The normalized spacial score (nSPS) is 10.9. The fourth-order valence-electron chi connectivity index (χ4n) is 3.28. The van der Waals surface area contributed by atoms with E-state index < -0.39 is 44.0 Å². The van der Waals surface area contributed by atoms with E-state index in [2.05, 4.69) is 5.32 Å². The highest BCUT2D eigenvalue weighted by Gasteiger charge is 2.33. The third-order valence-corrected chi connectivity index (χ3v) is 6.80. The molecule has 3 rings (SSSR count). The highest BCUT2D eigenvalue weighted by Crippen LogP contribution is 2.30. The van der Waals surface area contributed by atoms with Crippen molar-refractivity contribution in [1.29, 1.82) is 0 Å². The van der Waals surface area contributed by atoms with Gasteiger partial charge in [-0.25, -0.2) is 13.2 Å². The Hall–Kier alpha value is -4.25. The number of ether oxygens (including phenoxy) is 1. The largest absolute Gasteiger partial charge is 0.465 e. The summed E-state index contributed by atoms with van der Waals surface area (Å²) in [7, 11) is -3.26. The van der Waals surface area contributed by atoms with Crippen molar-refractivity contribution in [3.63, 3.8) is 0 Å². The van der Waals surface area contributed by atoms with Gasteiger partial charge in [0.2, 0.25) is 5.91 Å². The molecule has 1 amide bonds. The van der Waals surface area contributed by atoms with Crippen molar-refractivity contribution in [2.45, 2.75) is 11.8 Å². The number of rotatable bonds is 8. The van der Waals surface area contributed by atoms with Crippen molar-refractivity contribution in [1.82, 2.24) is 0 Å². The van der Waals surface area contributed by atoms with Gasteiger partial charge in [0, 0.05) is 11.8 Å². The Bertz CT molecular complexity index is 1340.